The maximum Gasteiger partial charge on any atom is 0.339 e. The molecule has 0 spiro atoms. The number of carbonyl (C=O) groups excluding carboxylic acids is 2. The Morgan fingerprint density at radius 3 is 1.32 bits per heavy atom. The van der Waals surface area contributed by atoms with Crippen molar-refractivity contribution in [2.75, 3.05) is 10.6 Å². The van der Waals surface area contributed by atoms with Gasteiger partial charge in [0.15, 0.2) is 0 Å². The number of benzene rings is 2. The second-order valence-corrected chi connectivity index (χ2v) is 10.1. The first-order chi connectivity index (χ1) is 18.3. The van der Waals surface area contributed by atoms with Crippen molar-refractivity contribution in [2.24, 2.45) is 0 Å². The normalized spacial score (nSPS) is 10.6. The molecule has 0 fully saturated rings. The largest absolute Gasteiger partial charge is 0.478 e. The summed E-state index contributed by atoms with van der Waals surface area (Å²) in [6.07, 6.45) is 1.04. The predicted molar refractivity (Wildman–Crippen MR) is 149 cm³/mol. The van der Waals surface area contributed by atoms with Crippen molar-refractivity contribution in [3.05, 3.63) is 82.6 Å². The zero-order chi connectivity index (χ0) is 27.1. The number of carbonyl (C=O) groups is 4. The molecule has 2 aromatic carbocycles. The quantitative estimate of drug-likeness (QED) is 0.155. The number of amides is 2. The Labute approximate surface area is 226 Å². The van der Waals surface area contributed by atoms with Gasteiger partial charge in [0.05, 0.1) is 0 Å². The topological polar surface area (TPSA) is 133 Å². The van der Waals surface area contributed by atoms with Crippen molar-refractivity contribution in [1.82, 2.24) is 0 Å². The number of hydrogen-bond acceptors (Lipinski definition) is 6. The molecule has 0 unspecified atom stereocenters. The lowest BCUT2D eigenvalue weighted by atomic mass is 10.0. The number of carboxylic acids is 2. The van der Waals surface area contributed by atoms with E-state index < -0.39 is 11.9 Å². The van der Waals surface area contributed by atoms with E-state index >= 15 is 0 Å². The first kappa shape index (κ1) is 26.8. The molecule has 0 aliphatic rings. The van der Waals surface area contributed by atoms with Crippen molar-refractivity contribution in [3.63, 3.8) is 0 Å². The average Bonchev–Trinajstić information content (AvgIpc) is 3.52. The molecule has 194 valence electrons. The monoisotopic (exact) mass is 548 g/mol. The highest BCUT2D eigenvalue weighted by Crippen LogP contribution is 2.37. The molecule has 0 bridgehead atoms. The molecule has 38 heavy (non-hydrogen) atoms. The van der Waals surface area contributed by atoms with Crippen molar-refractivity contribution in [1.29, 1.82) is 0 Å². The third kappa shape index (κ3) is 6.34. The molecule has 8 nitrogen and oxygen atoms in total. The van der Waals surface area contributed by atoms with Gasteiger partial charge in [-0.3, -0.25) is 9.59 Å². The summed E-state index contributed by atoms with van der Waals surface area (Å²) in [6.45, 7) is 0. The van der Waals surface area contributed by atoms with Crippen LogP contribution in [0.3, 0.4) is 0 Å². The molecule has 0 aliphatic carbocycles. The van der Waals surface area contributed by atoms with Crippen LogP contribution in [0.2, 0.25) is 0 Å². The van der Waals surface area contributed by atoms with Crippen molar-refractivity contribution in [3.8, 4) is 22.3 Å². The summed E-state index contributed by atoms with van der Waals surface area (Å²) < 4.78 is 0. The first-order valence-corrected chi connectivity index (χ1v) is 13.5. The fourth-order valence-corrected chi connectivity index (χ4v) is 5.89. The molecule has 0 saturated carbocycles. The van der Waals surface area contributed by atoms with Gasteiger partial charge < -0.3 is 20.8 Å². The van der Waals surface area contributed by atoms with E-state index in [2.05, 4.69) is 10.6 Å². The van der Waals surface area contributed by atoms with Gasteiger partial charge in [0, 0.05) is 34.7 Å². The average molecular weight is 549 g/mol. The molecular weight excluding hydrogens is 524 g/mol. The van der Waals surface area contributed by atoms with Gasteiger partial charge in [-0.15, -0.1) is 22.7 Å². The summed E-state index contributed by atoms with van der Waals surface area (Å²) >= 11 is 2.31. The highest BCUT2D eigenvalue weighted by atomic mass is 32.1. The zero-order valence-electron chi connectivity index (χ0n) is 20.1. The van der Waals surface area contributed by atoms with E-state index in [1.165, 1.54) is 0 Å². The number of anilines is 2. The fourth-order valence-electron chi connectivity index (χ4n) is 3.93. The zero-order valence-corrected chi connectivity index (χ0v) is 21.7. The lowest BCUT2D eigenvalue weighted by molar-refractivity contribution is -0.118. The van der Waals surface area contributed by atoms with Gasteiger partial charge in [-0.2, -0.15) is 0 Å². The molecule has 2 heterocycles. The van der Waals surface area contributed by atoms with E-state index in [0.717, 1.165) is 33.8 Å². The third-order valence-corrected chi connectivity index (χ3v) is 7.53. The molecule has 0 atom stereocenters. The van der Waals surface area contributed by atoms with Crippen LogP contribution in [-0.2, 0) is 9.59 Å². The van der Waals surface area contributed by atoms with Crippen LogP contribution in [0.5, 0.6) is 0 Å². The maximum atomic E-state index is 12.5. The van der Waals surface area contributed by atoms with Crippen LogP contribution in [0.25, 0.3) is 22.3 Å². The number of rotatable bonds is 11. The van der Waals surface area contributed by atoms with E-state index in [9.17, 15) is 29.4 Å². The van der Waals surface area contributed by atoms with Crippen LogP contribution in [0.4, 0.5) is 10.0 Å². The number of hydrogen-bond donors (Lipinski definition) is 4. The van der Waals surface area contributed by atoms with Gasteiger partial charge in [-0.25, -0.2) is 9.59 Å². The summed E-state index contributed by atoms with van der Waals surface area (Å²) in [5.41, 5.74) is 2.68. The van der Waals surface area contributed by atoms with Crippen LogP contribution < -0.4 is 10.6 Å². The van der Waals surface area contributed by atoms with Crippen molar-refractivity contribution < 1.29 is 29.4 Å². The number of carboxylic acid groups (broad SMARTS) is 2. The fraction of sp³-hybridized carbons (Fsp3) is 0.143. The van der Waals surface area contributed by atoms with Gasteiger partial charge in [-0.05, 0) is 24.0 Å². The number of unbranched alkanes of at least 4 members (excludes halogenated alkanes) is 1. The lowest BCUT2D eigenvalue weighted by Gasteiger charge is -2.07. The molecule has 2 aromatic heterocycles. The standard InChI is InChI=1S/C28H24N2O6S2/c31-21(29-25-23(27(33)34)19(15-37-25)17-9-3-1-4-10-17)13-7-8-14-22(32)30-26-24(28(35)36)20(16-38-26)18-11-5-2-6-12-18/h1-6,9-12,15-16H,7-8,13-14H2,(H,29,31)(H,30,32)(H,33,34)(H,35,36). The van der Waals surface area contributed by atoms with Crippen LogP contribution in [0.1, 0.15) is 46.4 Å². The summed E-state index contributed by atoms with van der Waals surface area (Å²) in [7, 11) is 0. The molecular formula is C28H24N2O6S2. The van der Waals surface area contributed by atoms with Crippen LogP contribution in [-0.4, -0.2) is 34.0 Å². The summed E-state index contributed by atoms with van der Waals surface area (Å²) in [6, 6.07) is 18.2. The molecule has 10 heteroatoms. The molecule has 2 amide bonds. The highest BCUT2D eigenvalue weighted by Gasteiger charge is 2.22. The lowest BCUT2D eigenvalue weighted by Crippen LogP contribution is -2.15. The Bertz CT molecular complexity index is 1350. The van der Waals surface area contributed by atoms with E-state index in [4.69, 9.17) is 0 Å². The first-order valence-electron chi connectivity index (χ1n) is 11.7. The molecule has 0 aliphatic heterocycles. The molecule has 4 rings (SSSR count). The van der Waals surface area contributed by atoms with Crippen molar-refractivity contribution >= 4 is 56.4 Å². The number of aromatic carboxylic acids is 2. The van der Waals surface area contributed by atoms with Gasteiger partial charge in [-0.1, -0.05) is 60.7 Å². The van der Waals surface area contributed by atoms with E-state index in [0.29, 0.717) is 24.0 Å². The minimum Gasteiger partial charge on any atom is -0.478 e. The second kappa shape index (κ2) is 12.3. The third-order valence-electron chi connectivity index (χ3n) is 5.74. The van der Waals surface area contributed by atoms with E-state index in [1.807, 2.05) is 60.7 Å². The number of nitrogens with one attached hydrogen (secondary N) is 2. The minimum atomic E-state index is -1.12. The molecule has 4 aromatic rings. The Kier molecular flexibility index (Phi) is 8.67. The minimum absolute atomic E-state index is 0.0500. The maximum absolute atomic E-state index is 12.5. The highest BCUT2D eigenvalue weighted by molar-refractivity contribution is 7.15. The smallest absolute Gasteiger partial charge is 0.339 e. The Morgan fingerprint density at radius 2 is 0.974 bits per heavy atom. The SMILES string of the molecule is O=C(CCCCC(=O)Nc1scc(-c2ccccc2)c1C(=O)O)Nc1scc(-c2ccccc2)c1C(=O)O. The summed E-state index contributed by atoms with van der Waals surface area (Å²) in [4.78, 5) is 48.7. The molecule has 0 saturated heterocycles. The van der Waals surface area contributed by atoms with Crippen LogP contribution in [0.15, 0.2) is 71.4 Å². The summed E-state index contributed by atoms with van der Waals surface area (Å²) in [5.74, 6) is -2.93. The second-order valence-electron chi connectivity index (χ2n) is 8.35. The van der Waals surface area contributed by atoms with Crippen LogP contribution in [0, 0.1) is 0 Å². The van der Waals surface area contributed by atoms with Gasteiger partial charge in [0.1, 0.15) is 21.1 Å². The van der Waals surface area contributed by atoms with E-state index in [-0.39, 0.29) is 45.8 Å². The van der Waals surface area contributed by atoms with Gasteiger partial charge in [0.25, 0.3) is 0 Å². The Balaban J connectivity index is 1.30. The molecule has 0 radical (unpaired) electrons. The molecule has 4 N–H and O–H groups in total. The van der Waals surface area contributed by atoms with Crippen molar-refractivity contribution in [2.45, 2.75) is 25.7 Å². The van der Waals surface area contributed by atoms with E-state index in [1.54, 1.807) is 10.8 Å². The van der Waals surface area contributed by atoms with Gasteiger partial charge >= 0.3 is 11.9 Å². The predicted octanol–water partition coefficient (Wildman–Crippen LogP) is 6.68. The van der Waals surface area contributed by atoms with Crippen LogP contribution >= 0.6 is 22.7 Å². The van der Waals surface area contributed by atoms with Gasteiger partial charge in [0.2, 0.25) is 11.8 Å². The summed E-state index contributed by atoms with van der Waals surface area (Å²) in [5, 5.41) is 28.7. The Hall–Kier alpha value is -4.28. The Morgan fingerprint density at radius 1 is 0.605 bits per heavy atom. The number of thiophene rings is 2.